The smallest absolute Gasteiger partial charge is 0.0351 e. The van der Waals surface area contributed by atoms with Gasteiger partial charge in [-0.1, -0.05) is 136 Å². The van der Waals surface area contributed by atoms with Gasteiger partial charge in [0.25, 0.3) is 0 Å². The number of hydrogen-bond acceptors (Lipinski definition) is 0. The fourth-order valence-corrected chi connectivity index (χ4v) is 4.06. The molecule has 0 aliphatic rings. The lowest BCUT2D eigenvalue weighted by Gasteiger charge is -2.10. The molecule has 0 fully saturated rings. The van der Waals surface area contributed by atoms with E-state index in [2.05, 4.69) is 39.8 Å². The molecule has 0 saturated heterocycles. The maximum absolute atomic E-state index is 2.46. The third-order valence-corrected chi connectivity index (χ3v) is 6.15. The average Bonchev–Trinajstić information content (AvgIpc) is 2.66. The van der Waals surface area contributed by atoms with Crippen molar-refractivity contribution >= 4 is 0 Å². The Balaban J connectivity index is 3.32. The molecule has 27 heavy (non-hydrogen) atoms. The zero-order valence-electron chi connectivity index (χ0n) is 19.7. The summed E-state index contributed by atoms with van der Waals surface area (Å²) < 4.78 is 0. The summed E-state index contributed by atoms with van der Waals surface area (Å²) in [4.78, 5) is 0. The molecular weight excluding hydrogens is 324 g/mol. The molecule has 0 amide bonds. The Morgan fingerprint density at radius 1 is 0.444 bits per heavy atom. The largest absolute Gasteiger partial charge is 0.0885 e. The zero-order chi connectivity index (χ0) is 20.0. The highest BCUT2D eigenvalue weighted by atomic mass is 14.1. The first kappa shape index (κ1) is 26.7. The Morgan fingerprint density at radius 3 is 1.30 bits per heavy atom. The van der Waals surface area contributed by atoms with Gasteiger partial charge in [-0.05, 0) is 37.5 Å². The molecule has 162 valence electrons. The number of rotatable bonds is 21. The van der Waals surface area contributed by atoms with Crippen LogP contribution in [-0.4, -0.2) is 0 Å². The third-order valence-electron chi connectivity index (χ3n) is 6.15. The number of hydrogen-bond donors (Lipinski definition) is 0. The summed E-state index contributed by atoms with van der Waals surface area (Å²) in [5.74, 6) is 1.88. The average molecular weight is 379 g/mol. The van der Waals surface area contributed by atoms with Crippen LogP contribution >= 0.6 is 0 Å². The van der Waals surface area contributed by atoms with Gasteiger partial charge in [-0.2, -0.15) is 0 Å². The SMILES string of the molecule is CCCCCCCC(C)CCC/C=C/CCCCC(C)CCCCCCC. The second-order valence-electron chi connectivity index (χ2n) is 9.30. The Hall–Kier alpha value is -0.260. The summed E-state index contributed by atoms with van der Waals surface area (Å²) >= 11 is 0. The third kappa shape index (κ3) is 21.9. The molecule has 0 rings (SSSR count). The van der Waals surface area contributed by atoms with E-state index in [9.17, 15) is 0 Å². The molecule has 0 nitrogen and oxygen atoms in total. The Bertz CT molecular complexity index is 290. The molecule has 0 heterocycles. The summed E-state index contributed by atoms with van der Waals surface area (Å²) in [6.07, 6.45) is 31.8. The molecule has 2 atom stereocenters. The first-order valence-electron chi connectivity index (χ1n) is 12.9. The number of unbranched alkanes of at least 4 members (excludes halogenated alkanes) is 11. The number of allylic oxidation sites excluding steroid dienone is 2. The fraction of sp³-hybridized carbons (Fsp3) is 0.926. The maximum Gasteiger partial charge on any atom is -0.0351 e. The van der Waals surface area contributed by atoms with Gasteiger partial charge in [0.05, 0.1) is 0 Å². The van der Waals surface area contributed by atoms with E-state index in [4.69, 9.17) is 0 Å². The topological polar surface area (TPSA) is 0 Å². The monoisotopic (exact) mass is 378 g/mol. The van der Waals surface area contributed by atoms with Crippen LogP contribution in [0.15, 0.2) is 12.2 Å². The molecule has 0 aromatic heterocycles. The summed E-state index contributed by atoms with van der Waals surface area (Å²) in [6, 6.07) is 0. The highest BCUT2D eigenvalue weighted by molar-refractivity contribution is 4.81. The van der Waals surface area contributed by atoms with Crippen molar-refractivity contribution in [1.29, 1.82) is 0 Å². The second kappa shape index (κ2) is 22.0. The van der Waals surface area contributed by atoms with Gasteiger partial charge in [0, 0.05) is 0 Å². The highest BCUT2D eigenvalue weighted by Gasteiger charge is 2.02. The highest BCUT2D eigenvalue weighted by Crippen LogP contribution is 2.18. The lowest BCUT2D eigenvalue weighted by molar-refractivity contribution is 0.439. The van der Waals surface area contributed by atoms with Crippen LogP contribution in [0.4, 0.5) is 0 Å². The van der Waals surface area contributed by atoms with Crippen LogP contribution in [0.5, 0.6) is 0 Å². The second-order valence-corrected chi connectivity index (χ2v) is 9.30. The molecule has 2 unspecified atom stereocenters. The van der Waals surface area contributed by atoms with E-state index in [1.807, 2.05) is 0 Å². The van der Waals surface area contributed by atoms with E-state index in [0.29, 0.717) is 0 Å². The first-order valence-corrected chi connectivity index (χ1v) is 12.9. The Labute approximate surface area is 174 Å². The normalized spacial score (nSPS) is 14.1. The van der Waals surface area contributed by atoms with E-state index in [1.54, 1.807) is 0 Å². The van der Waals surface area contributed by atoms with E-state index >= 15 is 0 Å². The molecule has 0 aromatic carbocycles. The predicted octanol–water partition coefficient (Wildman–Crippen LogP) is 10.3. The van der Waals surface area contributed by atoms with Crippen molar-refractivity contribution in [2.24, 2.45) is 11.8 Å². The van der Waals surface area contributed by atoms with Crippen molar-refractivity contribution < 1.29 is 0 Å². The van der Waals surface area contributed by atoms with Crippen molar-refractivity contribution in [2.75, 3.05) is 0 Å². The minimum absolute atomic E-state index is 0.934. The van der Waals surface area contributed by atoms with Gasteiger partial charge in [-0.3, -0.25) is 0 Å². The Morgan fingerprint density at radius 2 is 0.815 bits per heavy atom. The minimum atomic E-state index is 0.934. The molecule has 0 N–H and O–H groups in total. The van der Waals surface area contributed by atoms with Gasteiger partial charge in [0.15, 0.2) is 0 Å². The predicted molar refractivity (Wildman–Crippen MR) is 127 cm³/mol. The summed E-state index contributed by atoms with van der Waals surface area (Å²) in [7, 11) is 0. The van der Waals surface area contributed by atoms with E-state index in [0.717, 1.165) is 11.8 Å². The van der Waals surface area contributed by atoms with Gasteiger partial charge in [-0.25, -0.2) is 0 Å². The van der Waals surface area contributed by atoms with Gasteiger partial charge >= 0.3 is 0 Å². The van der Waals surface area contributed by atoms with Gasteiger partial charge in [-0.15, -0.1) is 0 Å². The standard InChI is InChI=1S/C27H54/c1-5-7-9-14-18-22-26(3)24-20-16-12-11-13-17-21-25-27(4)23-19-15-10-8-6-2/h11-12,26-27H,5-10,13-25H2,1-4H3/b12-11+. The molecule has 0 spiro atoms. The van der Waals surface area contributed by atoms with Crippen molar-refractivity contribution in [1.82, 2.24) is 0 Å². The molecule has 0 aromatic rings. The Kier molecular flexibility index (Phi) is 21.8. The van der Waals surface area contributed by atoms with Crippen molar-refractivity contribution in [3.63, 3.8) is 0 Å². The van der Waals surface area contributed by atoms with Gasteiger partial charge in [0.2, 0.25) is 0 Å². The minimum Gasteiger partial charge on any atom is -0.0885 e. The van der Waals surface area contributed by atoms with Crippen molar-refractivity contribution in [3.05, 3.63) is 12.2 Å². The van der Waals surface area contributed by atoms with Crippen LogP contribution in [-0.2, 0) is 0 Å². The molecular formula is C27H54. The van der Waals surface area contributed by atoms with Crippen molar-refractivity contribution in [2.45, 2.75) is 150 Å². The maximum atomic E-state index is 2.46. The quantitative estimate of drug-likeness (QED) is 0.138. The molecule has 0 aliphatic heterocycles. The van der Waals surface area contributed by atoms with Crippen LogP contribution < -0.4 is 0 Å². The van der Waals surface area contributed by atoms with E-state index < -0.39 is 0 Å². The fourth-order valence-electron chi connectivity index (χ4n) is 4.06. The van der Waals surface area contributed by atoms with Gasteiger partial charge < -0.3 is 0 Å². The molecule has 0 bridgehead atoms. The van der Waals surface area contributed by atoms with Crippen LogP contribution in [0.3, 0.4) is 0 Å². The molecule has 0 saturated carbocycles. The van der Waals surface area contributed by atoms with Crippen LogP contribution in [0.1, 0.15) is 150 Å². The molecule has 0 heteroatoms. The summed E-state index contributed by atoms with van der Waals surface area (Å²) in [5.41, 5.74) is 0. The zero-order valence-corrected chi connectivity index (χ0v) is 19.7. The molecule has 0 aliphatic carbocycles. The summed E-state index contributed by atoms with van der Waals surface area (Å²) in [6.45, 7) is 9.51. The lowest BCUT2D eigenvalue weighted by Crippen LogP contribution is -1.95. The van der Waals surface area contributed by atoms with Crippen LogP contribution in [0, 0.1) is 11.8 Å². The molecule has 0 radical (unpaired) electrons. The van der Waals surface area contributed by atoms with E-state index in [-0.39, 0.29) is 0 Å². The van der Waals surface area contributed by atoms with E-state index in [1.165, 1.54) is 122 Å². The van der Waals surface area contributed by atoms with Gasteiger partial charge in [0.1, 0.15) is 0 Å². The van der Waals surface area contributed by atoms with Crippen molar-refractivity contribution in [3.8, 4) is 0 Å². The van der Waals surface area contributed by atoms with Crippen LogP contribution in [0.25, 0.3) is 0 Å². The first-order chi connectivity index (χ1) is 13.2. The van der Waals surface area contributed by atoms with Crippen LogP contribution in [0.2, 0.25) is 0 Å². The summed E-state index contributed by atoms with van der Waals surface area (Å²) in [5, 5.41) is 0. The lowest BCUT2D eigenvalue weighted by atomic mass is 9.96.